The minimum atomic E-state index is 0.0688. The number of rotatable bonds is 2. The molecule has 0 spiro atoms. The number of benzene rings is 1. The Bertz CT molecular complexity index is 416. The fraction of sp³-hybridized carbons (Fsp3) is 0.500. The molecule has 1 aromatic rings. The number of hydrogen-bond acceptors (Lipinski definition) is 1. The first-order valence-electron chi connectivity index (χ1n) is 6.88. The zero-order valence-corrected chi connectivity index (χ0v) is 12.7. The molecule has 1 aliphatic rings. The van der Waals surface area contributed by atoms with Crippen LogP contribution in [0, 0.1) is 6.92 Å². The molecule has 1 atom stereocenters. The molecule has 0 fully saturated rings. The molecule has 0 heterocycles. The Labute approximate surface area is 119 Å². The fourth-order valence-corrected chi connectivity index (χ4v) is 3.28. The zero-order valence-electron chi connectivity index (χ0n) is 11.1. The highest BCUT2D eigenvalue weighted by molar-refractivity contribution is 9.10. The summed E-state index contributed by atoms with van der Waals surface area (Å²) in [5.74, 6) is 0. The van der Waals surface area contributed by atoms with Crippen LogP contribution in [-0.4, -0.2) is 0 Å². The van der Waals surface area contributed by atoms with Crippen molar-refractivity contribution in [2.75, 3.05) is 0 Å². The summed E-state index contributed by atoms with van der Waals surface area (Å²) >= 11 is 3.56. The topological polar surface area (TPSA) is 26.0 Å². The van der Waals surface area contributed by atoms with Crippen LogP contribution in [0.1, 0.15) is 55.7 Å². The SMILES string of the molecule is Cc1cc(Br)cc(C(N)/C2=C/CCCCCC2)c1. The smallest absolute Gasteiger partial charge is 0.0511 e. The predicted octanol–water partition coefficient (Wildman–Crippen LogP) is 5.04. The van der Waals surface area contributed by atoms with Gasteiger partial charge in [-0.2, -0.15) is 0 Å². The molecule has 98 valence electrons. The number of allylic oxidation sites excluding steroid dienone is 1. The van der Waals surface area contributed by atoms with E-state index in [0.29, 0.717) is 0 Å². The van der Waals surface area contributed by atoms with Gasteiger partial charge in [-0.15, -0.1) is 0 Å². The zero-order chi connectivity index (χ0) is 13.0. The maximum absolute atomic E-state index is 6.44. The standard InChI is InChI=1S/C16H22BrN/c1-12-9-14(11-15(17)10-12)16(18)13-7-5-3-2-4-6-8-13/h7,9-11,16H,2-6,8,18H2,1H3/b13-7+. The van der Waals surface area contributed by atoms with Crippen LogP contribution >= 0.6 is 15.9 Å². The Morgan fingerprint density at radius 1 is 1.11 bits per heavy atom. The second-order valence-corrected chi connectivity index (χ2v) is 6.19. The van der Waals surface area contributed by atoms with Crippen molar-refractivity contribution in [3.8, 4) is 0 Å². The van der Waals surface area contributed by atoms with Crippen molar-refractivity contribution in [3.05, 3.63) is 45.4 Å². The molecule has 2 rings (SSSR count). The molecule has 18 heavy (non-hydrogen) atoms. The fourth-order valence-electron chi connectivity index (χ4n) is 2.66. The summed E-state index contributed by atoms with van der Waals surface area (Å²) in [5, 5.41) is 0. The van der Waals surface area contributed by atoms with Gasteiger partial charge in [0.2, 0.25) is 0 Å². The van der Waals surface area contributed by atoms with Gasteiger partial charge < -0.3 is 5.73 Å². The Balaban J connectivity index is 2.20. The number of halogens is 1. The molecular weight excluding hydrogens is 286 g/mol. The van der Waals surface area contributed by atoms with E-state index in [9.17, 15) is 0 Å². The first-order valence-corrected chi connectivity index (χ1v) is 7.68. The van der Waals surface area contributed by atoms with Gasteiger partial charge in [-0.1, -0.05) is 46.5 Å². The molecule has 1 nitrogen and oxygen atoms in total. The highest BCUT2D eigenvalue weighted by atomic mass is 79.9. The van der Waals surface area contributed by atoms with Crippen LogP contribution in [0.15, 0.2) is 34.3 Å². The van der Waals surface area contributed by atoms with Crippen LogP contribution in [0.3, 0.4) is 0 Å². The molecule has 2 heteroatoms. The average Bonchev–Trinajstić information content (AvgIpc) is 2.26. The van der Waals surface area contributed by atoms with Crippen molar-refractivity contribution < 1.29 is 0 Å². The molecule has 1 aromatic carbocycles. The molecule has 1 unspecified atom stereocenters. The molecule has 0 bridgehead atoms. The average molecular weight is 308 g/mol. The second kappa shape index (κ2) is 6.53. The van der Waals surface area contributed by atoms with Crippen molar-refractivity contribution in [2.45, 2.75) is 51.5 Å². The summed E-state index contributed by atoms with van der Waals surface area (Å²) in [5.41, 5.74) is 10.4. The monoisotopic (exact) mass is 307 g/mol. The predicted molar refractivity (Wildman–Crippen MR) is 81.6 cm³/mol. The van der Waals surface area contributed by atoms with Gasteiger partial charge in [-0.05, 0) is 55.9 Å². The molecular formula is C16H22BrN. The summed E-state index contributed by atoms with van der Waals surface area (Å²) in [4.78, 5) is 0. The highest BCUT2D eigenvalue weighted by Crippen LogP contribution is 2.29. The van der Waals surface area contributed by atoms with Gasteiger partial charge in [0.1, 0.15) is 0 Å². The van der Waals surface area contributed by atoms with E-state index in [1.165, 1.54) is 48.8 Å². The van der Waals surface area contributed by atoms with E-state index in [4.69, 9.17) is 5.73 Å². The van der Waals surface area contributed by atoms with E-state index in [1.54, 1.807) is 0 Å². The molecule has 0 aliphatic heterocycles. The minimum Gasteiger partial charge on any atom is -0.321 e. The van der Waals surface area contributed by atoms with Crippen molar-refractivity contribution in [3.63, 3.8) is 0 Å². The van der Waals surface area contributed by atoms with Gasteiger partial charge in [-0.3, -0.25) is 0 Å². The molecule has 0 aromatic heterocycles. The van der Waals surface area contributed by atoms with Gasteiger partial charge in [0.05, 0.1) is 6.04 Å². The lowest BCUT2D eigenvalue weighted by molar-refractivity contribution is 0.602. The maximum atomic E-state index is 6.44. The Morgan fingerprint density at radius 2 is 1.89 bits per heavy atom. The summed E-state index contributed by atoms with van der Waals surface area (Å²) in [7, 11) is 0. The quantitative estimate of drug-likeness (QED) is 0.761. The molecule has 0 saturated heterocycles. The van der Waals surface area contributed by atoms with Gasteiger partial charge >= 0.3 is 0 Å². The van der Waals surface area contributed by atoms with Gasteiger partial charge in [-0.25, -0.2) is 0 Å². The minimum absolute atomic E-state index is 0.0688. The second-order valence-electron chi connectivity index (χ2n) is 5.27. The van der Waals surface area contributed by atoms with Crippen molar-refractivity contribution in [1.29, 1.82) is 0 Å². The van der Waals surface area contributed by atoms with Crippen LogP contribution in [-0.2, 0) is 0 Å². The van der Waals surface area contributed by atoms with E-state index in [1.807, 2.05) is 0 Å². The molecule has 2 N–H and O–H groups in total. The molecule has 1 aliphatic carbocycles. The van der Waals surface area contributed by atoms with Crippen LogP contribution in [0.4, 0.5) is 0 Å². The third kappa shape index (κ3) is 3.69. The van der Waals surface area contributed by atoms with Crippen molar-refractivity contribution in [2.24, 2.45) is 5.73 Å². The number of nitrogens with two attached hydrogens (primary N) is 1. The van der Waals surface area contributed by atoms with E-state index in [0.717, 1.165) is 10.9 Å². The molecule has 0 amide bonds. The lowest BCUT2D eigenvalue weighted by Gasteiger charge is -2.19. The summed E-state index contributed by atoms with van der Waals surface area (Å²) in [6, 6.07) is 6.55. The first kappa shape index (κ1) is 13.8. The third-order valence-corrected chi connectivity index (χ3v) is 4.11. The highest BCUT2D eigenvalue weighted by Gasteiger charge is 2.13. The van der Waals surface area contributed by atoms with E-state index in [-0.39, 0.29) is 6.04 Å². The number of aryl methyl sites for hydroxylation is 1. The first-order chi connectivity index (χ1) is 8.66. The van der Waals surface area contributed by atoms with E-state index in [2.05, 4.69) is 47.1 Å². The van der Waals surface area contributed by atoms with Crippen molar-refractivity contribution >= 4 is 15.9 Å². The third-order valence-electron chi connectivity index (χ3n) is 3.65. The maximum Gasteiger partial charge on any atom is 0.0511 e. The van der Waals surface area contributed by atoms with Gasteiger partial charge in [0.15, 0.2) is 0 Å². The number of hydrogen-bond donors (Lipinski definition) is 1. The molecule has 0 saturated carbocycles. The van der Waals surface area contributed by atoms with Gasteiger partial charge in [0.25, 0.3) is 0 Å². The lowest BCUT2D eigenvalue weighted by atomic mass is 9.91. The van der Waals surface area contributed by atoms with Crippen LogP contribution < -0.4 is 5.73 Å². The Morgan fingerprint density at radius 3 is 2.67 bits per heavy atom. The molecule has 0 radical (unpaired) electrons. The summed E-state index contributed by atoms with van der Waals surface area (Å²) in [6.45, 7) is 2.12. The summed E-state index contributed by atoms with van der Waals surface area (Å²) < 4.78 is 1.12. The van der Waals surface area contributed by atoms with E-state index < -0.39 is 0 Å². The normalized spacial score (nSPS) is 21.6. The Hall–Kier alpha value is -0.600. The van der Waals surface area contributed by atoms with Crippen LogP contribution in [0.2, 0.25) is 0 Å². The van der Waals surface area contributed by atoms with Gasteiger partial charge in [0, 0.05) is 4.47 Å². The van der Waals surface area contributed by atoms with Crippen molar-refractivity contribution in [1.82, 2.24) is 0 Å². The van der Waals surface area contributed by atoms with Crippen LogP contribution in [0.5, 0.6) is 0 Å². The Kier molecular flexibility index (Phi) is 5.02. The largest absolute Gasteiger partial charge is 0.321 e. The lowest BCUT2D eigenvalue weighted by Crippen LogP contribution is -2.14. The van der Waals surface area contributed by atoms with E-state index >= 15 is 0 Å². The van der Waals surface area contributed by atoms with Crippen LogP contribution in [0.25, 0.3) is 0 Å². The summed E-state index contributed by atoms with van der Waals surface area (Å²) in [6.07, 6.45) is 10.0.